The molecule has 0 N–H and O–H groups in total. The molecule has 0 unspecified atom stereocenters. The molecule has 0 amide bonds. The van der Waals surface area contributed by atoms with Gasteiger partial charge in [-0.1, -0.05) is 31.9 Å². The number of halogens is 7. The highest BCUT2D eigenvalue weighted by atomic mass is 79.9. The molecule has 1 aromatic rings. The number of Topliss-reactive ketones (excluding diaryl/α,β-unsaturated/α-hetero) is 1. The number of benzene rings is 1. The summed E-state index contributed by atoms with van der Waals surface area (Å²) in [6.07, 6.45) is -5.92. The van der Waals surface area contributed by atoms with Gasteiger partial charge >= 0.3 is 12.1 Å². The van der Waals surface area contributed by atoms with Gasteiger partial charge in [-0.2, -0.15) is 22.0 Å². The van der Waals surface area contributed by atoms with Gasteiger partial charge in [0.25, 0.3) is 0 Å². The number of ketones is 1. The second-order valence-electron chi connectivity index (χ2n) is 3.48. The smallest absolute Gasteiger partial charge is 0.287 e. The lowest BCUT2D eigenvalue weighted by molar-refractivity contribution is -0.255. The molecule has 0 aromatic heterocycles. The van der Waals surface area contributed by atoms with E-state index < -0.39 is 23.4 Å². The van der Waals surface area contributed by atoms with E-state index in [9.17, 15) is 26.7 Å². The number of alkyl halides is 5. The molecular weight excluding hydrogens is 391 g/mol. The summed E-state index contributed by atoms with van der Waals surface area (Å²) in [5.41, 5.74) is -0.136. The minimum atomic E-state index is -5.92. The van der Waals surface area contributed by atoms with Crippen LogP contribution in [0.25, 0.3) is 0 Å². The highest BCUT2D eigenvalue weighted by Gasteiger charge is 2.63. The third kappa shape index (κ3) is 2.74. The maximum Gasteiger partial charge on any atom is 0.461 e. The molecule has 100 valence electrons. The third-order valence-corrected chi connectivity index (χ3v) is 3.64. The van der Waals surface area contributed by atoms with E-state index in [0.717, 1.165) is 6.07 Å². The van der Waals surface area contributed by atoms with Crippen LogP contribution in [0.1, 0.15) is 15.9 Å². The summed E-state index contributed by atoms with van der Waals surface area (Å²) in [6.45, 7) is 1.60. The first-order valence-electron chi connectivity index (χ1n) is 4.43. The van der Waals surface area contributed by atoms with Gasteiger partial charge in [0.05, 0.1) is 0 Å². The molecule has 8 heteroatoms. The van der Waals surface area contributed by atoms with Crippen molar-refractivity contribution < 1.29 is 26.7 Å². The van der Waals surface area contributed by atoms with Crippen LogP contribution in [-0.2, 0) is 0 Å². The molecule has 0 aliphatic carbocycles. The van der Waals surface area contributed by atoms with Crippen LogP contribution in [0.5, 0.6) is 0 Å². The van der Waals surface area contributed by atoms with Crippen LogP contribution in [0.15, 0.2) is 21.1 Å². The van der Waals surface area contributed by atoms with Crippen molar-refractivity contribution in [2.45, 2.75) is 19.0 Å². The highest BCUT2D eigenvalue weighted by molar-refractivity contribution is 9.11. The highest BCUT2D eigenvalue weighted by Crippen LogP contribution is 2.40. The number of rotatable bonds is 2. The number of hydrogen-bond donors (Lipinski definition) is 0. The Kier molecular flexibility index (Phi) is 4.22. The fraction of sp³-hybridized carbons (Fsp3) is 0.300. The van der Waals surface area contributed by atoms with Crippen LogP contribution in [0, 0.1) is 6.92 Å². The fourth-order valence-electron chi connectivity index (χ4n) is 1.12. The molecule has 1 nitrogen and oxygen atoms in total. The Hall–Kier alpha value is -0.500. The second kappa shape index (κ2) is 4.88. The normalized spacial score (nSPS) is 12.7. The predicted octanol–water partition coefficient (Wildman–Crippen LogP) is 4.90. The number of carbonyl (C=O) groups excluding carboxylic acids is 1. The summed E-state index contributed by atoms with van der Waals surface area (Å²) < 4.78 is 62.2. The zero-order valence-corrected chi connectivity index (χ0v) is 11.9. The monoisotopic (exact) mass is 394 g/mol. The zero-order valence-electron chi connectivity index (χ0n) is 8.71. The molecule has 0 aliphatic heterocycles. The summed E-state index contributed by atoms with van der Waals surface area (Å²) >= 11 is 5.77. The lowest BCUT2D eigenvalue weighted by Gasteiger charge is -2.19. The molecule has 0 atom stereocenters. The molecular formula is C10H5Br2F5O. The summed E-state index contributed by atoms with van der Waals surface area (Å²) in [7, 11) is 0. The molecule has 18 heavy (non-hydrogen) atoms. The molecule has 0 bridgehead atoms. The molecule has 1 aromatic carbocycles. The number of aryl methyl sites for hydroxylation is 1. The summed E-state index contributed by atoms with van der Waals surface area (Å²) in [6, 6.07) is 2.21. The Balaban J connectivity index is 3.32. The van der Waals surface area contributed by atoms with Crippen molar-refractivity contribution in [2.75, 3.05) is 0 Å². The van der Waals surface area contributed by atoms with Crippen molar-refractivity contribution in [1.82, 2.24) is 0 Å². The lowest BCUT2D eigenvalue weighted by atomic mass is 10.0. The zero-order chi connectivity index (χ0) is 14.3. The van der Waals surface area contributed by atoms with Gasteiger partial charge in [-0.15, -0.1) is 0 Å². The van der Waals surface area contributed by atoms with Crippen molar-refractivity contribution in [3.05, 3.63) is 32.2 Å². The average molecular weight is 396 g/mol. The molecule has 0 fully saturated rings. The molecule has 0 radical (unpaired) electrons. The molecule has 0 aliphatic rings. The summed E-state index contributed by atoms with van der Waals surface area (Å²) in [5, 5.41) is 0. The molecule has 0 saturated heterocycles. The van der Waals surface area contributed by atoms with E-state index in [4.69, 9.17) is 0 Å². The maximum absolute atomic E-state index is 12.9. The number of carbonyl (C=O) groups is 1. The topological polar surface area (TPSA) is 17.1 Å². The van der Waals surface area contributed by atoms with E-state index in [-0.39, 0.29) is 8.95 Å². The maximum atomic E-state index is 12.9. The third-order valence-electron chi connectivity index (χ3n) is 2.13. The van der Waals surface area contributed by atoms with E-state index in [1.165, 1.54) is 6.07 Å². The molecule has 0 spiro atoms. The van der Waals surface area contributed by atoms with Gasteiger partial charge in [-0.3, -0.25) is 4.79 Å². The largest absolute Gasteiger partial charge is 0.461 e. The second-order valence-corrected chi connectivity index (χ2v) is 5.19. The van der Waals surface area contributed by atoms with Gasteiger partial charge in [0.1, 0.15) is 0 Å². The Bertz CT molecular complexity index is 496. The Labute approximate surface area is 116 Å². The van der Waals surface area contributed by atoms with Gasteiger partial charge in [-0.05, 0) is 24.6 Å². The first-order chi connectivity index (χ1) is 7.98. The quantitative estimate of drug-likeness (QED) is 0.514. The van der Waals surface area contributed by atoms with Crippen molar-refractivity contribution in [3.63, 3.8) is 0 Å². The lowest BCUT2D eigenvalue weighted by Crippen LogP contribution is -2.44. The van der Waals surface area contributed by atoms with Crippen molar-refractivity contribution in [1.29, 1.82) is 0 Å². The van der Waals surface area contributed by atoms with E-state index in [2.05, 4.69) is 31.9 Å². The molecule has 1 rings (SSSR count). The Morgan fingerprint density at radius 3 is 2.00 bits per heavy atom. The average Bonchev–Trinajstić information content (AvgIpc) is 2.20. The predicted molar refractivity (Wildman–Crippen MR) is 61.9 cm³/mol. The van der Waals surface area contributed by atoms with Gasteiger partial charge < -0.3 is 0 Å². The minimum absolute atomic E-state index is 0.114. The molecule has 0 saturated carbocycles. The van der Waals surface area contributed by atoms with Gasteiger partial charge in [0.2, 0.25) is 5.78 Å². The van der Waals surface area contributed by atoms with Crippen molar-refractivity contribution >= 4 is 37.6 Å². The van der Waals surface area contributed by atoms with Gasteiger partial charge in [0.15, 0.2) is 0 Å². The van der Waals surface area contributed by atoms with Crippen LogP contribution in [0.3, 0.4) is 0 Å². The summed E-state index contributed by atoms with van der Waals surface area (Å²) in [4.78, 5) is 11.3. The van der Waals surface area contributed by atoms with E-state index >= 15 is 0 Å². The van der Waals surface area contributed by atoms with Crippen LogP contribution in [0.4, 0.5) is 22.0 Å². The number of hydrogen-bond acceptors (Lipinski definition) is 1. The Morgan fingerprint density at radius 1 is 1.06 bits per heavy atom. The standard InChI is InChI=1S/C10H5Br2F5O/c1-4-2-7(12)5(3-6(4)11)8(18)9(13,14)10(15,16)17/h2-3H,1H3. The SMILES string of the molecule is Cc1cc(Br)c(C(=O)C(F)(F)C(F)(F)F)cc1Br. The summed E-state index contributed by atoms with van der Waals surface area (Å²) in [5.74, 6) is -7.70. The van der Waals surface area contributed by atoms with Crippen molar-refractivity contribution in [2.24, 2.45) is 0 Å². The van der Waals surface area contributed by atoms with E-state index in [1.807, 2.05) is 0 Å². The minimum Gasteiger partial charge on any atom is -0.287 e. The van der Waals surface area contributed by atoms with Crippen LogP contribution < -0.4 is 0 Å². The Morgan fingerprint density at radius 2 is 1.56 bits per heavy atom. The molecule has 0 heterocycles. The van der Waals surface area contributed by atoms with Crippen LogP contribution in [-0.4, -0.2) is 17.9 Å². The van der Waals surface area contributed by atoms with Gasteiger partial charge in [-0.25, -0.2) is 0 Å². The van der Waals surface area contributed by atoms with E-state index in [1.54, 1.807) is 6.92 Å². The first kappa shape index (κ1) is 15.6. The fourth-order valence-corrected chi connectivity index (χ4v) is 2.10. The van der Waals surface area contributed by atoms with Crippen LogP contribution >= 0.6 is 31.9 Å². The van der Waals surface area contributed by atoms with Gasteiger partial charge in [0, 0.05) is 14.5 Å². The first-order valence-corrected chi connectivity index (χ1v) is 6.02. The van der Waals surface area contributed by atoms with E-state index in [0.29, 0.717) is 5.56 Å². The van der Waals surface area contributed by atoms with Crippen molar-refractivity contribution in [3.8, 4) is 0 Å². The van der Waals surface area contributed by atoms with Crippen LogP contribution in [0.2, 0.25) is 0 Å².